The molecule has 0 aliphatic rings. The molecule has 0 bridgehead atoms. The highest BCUT2D eigenvalue weighted by Crippen LogP contribution is 2.21. The van der Waals surface area contributed by atoms with Crippen molar-refractivity contribution < 1.29 is 9.47 Å². The summed E-state index contributed by atoms with van der Waals surface area (Å²) in [5, 5.41) is 0. The Labute approximate surface area is 102 Å². The van der Waals surface area contributed by atoms with Crippen molar-refractivity contribution in [3.8, 4) is 5.75 Å². The van der Waals surface area contributed by atoms with Gasteiger partial charge in [-0.1, -0.05) is 23.8 Å². The van der Waals surface area contributed by atoms with E-state index in [0.717, 1.165) is 11.1 Å². The van der Waals surface area contributed by atoms with Gasteiger partial charge in [-0.3, -0.25) is 0 Å². The Morgan fingerprint density at radius 3 is 2.75 bits per heavy atom. The van der Waals surface area contributed by atoms with Crippen molar-refractivity contribution in [3.63, 3.8) is 0 Å². The van der Waals surface area contributed by atoms with Crippen LogP contribution in [-0.2, 0) is 4.74 Å². The highest BCUT2D eigenvalue weighted by atomic mass is 32.1. The van der Waals surface area contributed by atoms with Crippen LogP contribution in [0, 0.1) is 6.92 Å². The zero-order valence-electron chi connectivity index (χ0n) is 9.82. The minimum absolute atomic E-state index is 0.0270. The summed E-state index contributed by atoms with van der Waals surface area (Å²) in [6, 6.07) is 5.78. The third-order valence-corrected chi connectivity index (χ3v) is 2.35. The first-order valence-electron chi connectivity index (χ1n) is 5.10. The third kappa shape index (κ3) is 3.47. The molecule has 0 radical (unpaired) electrons. The van der Waals surface area contributed by atoms with Crippen molar-refractivity contribution in [1.29, 1.82) is 0 Å². The van der Waals surface area contributed by atoms with Crippen LogP contribution in [0.2, 0.25) is 0 Å². The van der Waals surface area contributed by atoms with Crippen molar-refractivity contribution in [2.24, 2.45) is 5.73 Å². The molecule has 1 rings (SSSR count). The summed E-state index contributed by atoms with van der Waals surface area (Å²) in [4.78, 5) is 0.350. The molecular weight excluding hydrogens is 222 g/mol. The van der Waals surface area contributed by atoms with E-state index in [1.54, 1.807) is 7.11 Å². The van der Waals surface area contributed by atoms with E-state index in [9.17, 15) is 0 Å². The van der Waals surface area contributed by atoms with Crippen molar-refractivity contribution in [1.82, 2.24) is 0 Å². The maximum atomic E-state index is 5.71. The van der Waals surface area contributed by atoms with E-state index < -0.39 is 0 Å². The van der Waals surface area contributed by atoms with Crippen LogP contribution in [0.1, 0.15) is 18.1 Å². The quantitative estimate of drug-likeness (QED) is 0.799. The lowest BCUT2D eigenvalue weighted by molar-refractivity contribution is 0.0919. The molecule has 2 N–H and O–H groups in total. The van der Waals surface area contributed by atoms with E-state index >= 15 is 0 Å². The molecule has 4 heteroatoms. The molecular formula is C12H17NO2S. The second-order valence-corrected chi connectivity index (χ2v) is 4.19. The van der Waals surface area contributed by atoms with Gasteiger partial charge in [0.1, 0.15) is 16.8 Å². The molecule has 1 unspecified atom stereocenters. The number of ether oxygens (including phenoxy) is 2. The monoisotopic (exact) mass is 239 g/mol. The predicted octanol–water partition coefficient (Wildman–Crippen LogP) is 2.04. The van der Waals surface area contributed by atoms with Crippen LogP contribution in [-0.4, -0.2) is 24.8 Å². The highest BCUT2D eigenvalue weighted by Gasteiger charge is 2.10. The predicted molar refractivity (Wildman–Crippen MR) is 69.0 cm³/mol. The summed E-state index contributed by atoms with van der Waals surface area (Å²) in [7, 11) is 1.64. The van der Waals surface area contributed by atoms with E-state index in [1.165, 1.54) is 0 Å². The zero-order valence-corrected chi connectivity index (χ0v) is 10.6. The van der Waals surface area contributed by atoms with Crippen molar-refractivity contribution >= 4 is 17.2 Å². The second kappa shape index (κ2) is 5.82. The van der Waals surface area contributed by atoms with Gasteiger partial charge in [-0.25, -0.2) is 0 Å². The first kappa shape index (κ1) is 12.9. The molecule has 16 heavy (non-hydrogen) atoms. The van der Waals surface area contributed by atoms with Crippen LogP contribution >= 0.6 is 12.2 Å². The van der Waals surface area contributed by atoms with Crippen LogP contribution in [0.15, 0.2) is 18.2 Å². The summed E-state index contributed by atoms with van der Waals surface area (Å²) in [5.41, 5.74) is 7.54. The van der Waals surface area contributed by atoms with Gasteiger partial charge in [-0.15, -0.1) is 0 Å². The number of aryl methyl sites for hydroxylation is 1. The molecule has 1 atom stereocenters. The number of benzene rings is 1. The Bertz CT molecular complexity index is 379. The van der Waals surface area contributed by atoms with Gasteiger partial charge < -0.3 is 15.2 Å². The molecule has 0 spiro atoms. The number of rotatable bonds is 5. The molecule has 0 amide bonds. The lowest BCUT2D eigenvalue weighted by Gasteiger charge is -2.16. The fourth-order valence-electron chi connectivity index (χ4n) is 1.42. The van der Waals surface area contributed by atoms with E-state index in [0.29, 0.717) is 17.3 Å². The van der Waals surface area contributed by atoms with Gasteiger partial charge in [0.2, 0.25) is 0 Å². The zero-order chi connectivity index (χ0) is 12.1. The smallest absolute Gasteiger partial charge is 0.130 e. The molecule has 0 aromatic heterocycles. The number of nitrogens with two attached hydrogens (primary N) is 1. The van der Waals surface area contributed by atoms with Crippen LogP contribution in [0.3, 0.4) is 0 Å². The van der Waals surface area contributed by atoms with Gasteiger partial charge in [-0.05, 0) is 26.0 Å². The Morgan fingerprint density at radius 2 is 2.19 bits per heavy atom. The van der Waals surface area contributed by atoms with Gasteiger partial charge in [-0.2, -0.15) is 0 Å². The molecule has 0 aliphatic heterocycles. The molecule has 3 nitrogen and oxygen atoms in total. The Morgan fingerprint density at radius 1 is 1.50 bits per heavy atom. The van der Waals surface area contributed by atoms with E-state index in [1.807, 2.05) is 32.0 Å². The second-order valence-electron chi connectivity index (χ2n) is 3.75. The van der Waals surface area contributed by atoms with Gasteiger partial charge >= 0.3 is 0 Å². The number of methoxy groups -OCH3 is 1. The van der Waals surface area contributed by atoms with Crippen molar-refractivity contribution in [2.45, 2.75) is 20.0 Å². The normalized spacial score (nSPS) is 12.2. The minimum Gasteiger partial charge on any atom is -0.488 e. The summed E-state index contributed by atoms with van der Waals surface area (Å²) in [6.45, 7) is 4.46. The summed E-state index contributed by atoms with van der Waals surface area (Å²) in [6.07, 6.45) is -0.0270. The maximum absolute atomic E-state index is 5.71. The molecule has 0 heterocycles. The summed E-state index contributed by atoms with van der Waals surface area (Å²) in [5.74, 6) is 0.711. The SMILES string of the molecule is COCC(C)Oc1ccc(C)cc1C(N)=S. The molecule has 1 aromatic carbocycles. The fourth-order valence-corrected chi connectivity index (χ4v) is 1.58. The molecule has 0 saturated carbocycles. The van der Waals surface area contributed by atoms with Crippen LogP contribution in [0.25, 0.3) is 0 Å². The van der Waals surface area contributed by atoms with Crippen molar-refractivity contribution in [2.75, 3.05) is 13.7 Å². The lowest BCUT2D eigenvalue weighted by atomic mass is 10.1. The molecule has 88 valence electrons. The Balaban J connectivity index is 2.90. The summed E-state index contributed by atoms with van der Waals surface area (Å²) >= 11 is 4.99. The molecule has 1 aromatic rings. The summed E-state index contributed by atoms with van der Waals surface area (Å²) < 4.78 is 10.7. The van der Waals surface area contributed by atoms with E-state index in [2.05, 4.69) is 0 Å². The number of thiocarbonyl (C=S) groups is 1. The lowest BCUT2D eigenvalue weighted by Crippen LogP contribution is -2.20. The van der Waals surface area contributed by atoms with Crippen molar-refractivity contribution in [3.05, 3.63) is 29.3 Å². The average molecular weight is 239 g/mol. The molecule has 0 aliphatic carbocycles. The van der Waals surface area contributed by atoms with Gasteiger partial charge in [0.05, 0.1) is 12.2 Å². The van der Waals surface area contributed by atoms with Crippen LogP contribution in [0.4, 0.5) is 0 Å². The Kier molecular flexibility index (Phi) is 4.71. The Hall–Kier alpha value is -1.13. The maximum Gasteiger partial charge on any atom is 0.130 e. The van der Waals surface area contributed by atoms with Gasteiger partial charge in [0.25, 0.3) is 0 Å². The average Bonchev–Trinajstić information content (AvgIpc) is 2.20. The van der Waals surface area contributed by atoms with Gasteiger partial charge in [0.15, 0.2) is 0 Å². The standard InChI is InChI=1S/C12H17NO2S/c1-8-4-5-11(10(6-8)12(13)16)15-9(2)7-14-3/h4-6,9H,7H2,1-3H3,(H2,13,16). The van der Waals surface area contributed by atoms with E-state index in [4.69, 9.17) is 27.4 Å². The van der Waals surface area contributed by atoms with Gasteiger partial charge in [0, 0.05) is 7.11 Å². The minimum atomic E-state index is -0.0270. The van der Waals surface area contributed by atoms with Crippen LogP contribution < -0.4 is 10.5 Å². The largest absolute Gasteiger partial charge is 0.488 e. The third-order valence-electron chi connectivity index (χ3n) is 2.13. The van der Waals surface area contributed by atoms with Crippen LogP contribution in [0.5, 0.6) is 5.75 Å². The number of hydrogen-bond donors (Lipinski definition) is 1. The van der Waals surface area contributed by atoms with E-state index in [-0.39, 0.29) is 6.10 Å². The molecule has 0 fully saturated rings. The highest BCUT2D eigenvalue weighted by molar-refractivity contribution is 7.80. The first-order chi connectivity index (χ1) is 7.54. The molecule has 0 saturated heterocycles. The fraction of sp³-hybridized carbons (Fsp3) is 0.417. The first-order valence-corrected chi connectivity index (χ1v) is 5.51. The number of hydrogen-bond acceptors (Lipinski definition) is 3. The topological polar surface area (TPSA) is 44.5 Å².